The zero-order valence-electron chi connectivity index (χ0n) is 10.8. The van der Waals surface area contributed by atoms with Crippen LogP contribution >= 0.6 is 0 Å². The fourth-order valence-electron chi connectivity index (χ4n) is 2.36. The van der Waals surface area contributed by atoms with E-state index in [4.69, 9.17) is 5.11 Å². The highest BCUT2D eigenvalue weighted by molar-refractivity contribution is 5.90. The van der Waals surface area contributed by atoms with E-state index in [2.05, 4.69) is 4.74 Å². The average Bonchev–Trinajstić information content (AvgIpc) is 2.46. The Labute approximate surface area is 111 Å². The van der Waals surface area contributed by atoms with Gasteiger partial charge in [-0.1, -0.05) is 6.07 Å². The lowest BCUT2D eigenvalue weighted by molar-refractivity contribution is -0.141. The molecule has 1 unspecified atom stereocenters. The molecule has 0 spiro atoms. The Morgan fingerprint density at radius 3 is 2.89 bits per heavy atom. The number of aliphatic carboxylic acids is 1. The third-order valence-corrected chi connectivity index (χ3v) is 3.40. The Hall–Kier alpha value is -2.04. The largest absolute Gasteiger partial charge is 0.481 e. The van der Waals surface area contributed by atoms with Gasteiger partial charge in [0.25, 0.3) is 0 Å². The van der Waals surface area contributed by atoms with Crippen LogP contribution in [0.1, 0.15) is 23.2 Å². The minimum Gasteiger partial charge on any atom is -0.481 e. The van der Waals surface area contributed by atoms with E-state index in [1.165, 1.54) is 7.11 Å². The number of carboxylic acids is 1. The second kappa shape index (κ2) is 5.73. The number of esters is 1. The first kappa shape index (κ1) is 13.4. The molecule has 5 heteroatoms. The van der Waals surface area contributed by atoms with Crippen LogP contribution in [0.5, 0.6) is 0 Å². The molecule has 19 heavy (non-hydrogen) atoms. The van der Waals surface area contributed by atoms with Crippen molar-refractivity contribution >= 4 is 17.6 Å². The van der Waals surface area contributed by atoms with E-state index in [1.54, 1.807) is 18.2 Å². The molecule has 1 fully saturated rings. The zero-order valence-corrected chi connectivity index (χ0v) is 10.8. The average molecular weight is 263 g/mol. The highest BCUT2D eigenvalue weighted by Crippen LogP contribution is 2.24. The maximum atomic E-state index is 11.5. The van der Waals surface area contributed by atoms with Gasteiger partial charge < -0.3 is 14.7 Å². The van der Waals surface area contributed by atoms with Crippen LogP contribution in [0.4, 0.5) is 5.69 Å². The van der Waals surface area contributed by atoms with Crippen LogP contribution in [0.3, 0.4) is 0 Å². The molecule has 1 aromatic rings. The molecule has 5 nitrogen and oxygen atoms in total. The van der Waals surface area contributed by atoms with Crippen LogP contribution in [0.25, 0.3) is 0 Å². The van der Waals surface area contributed by atoms with Gasteiger partial charge in [0.05, 0.1) is 18.6 Å². The van der Waals surface area contributed by atoms with Crippen molar-refractivity contribution in [1.82, 2.24) is 0 Å². The molecular weight excluding hydrogens is 246 g/mol. The van der Waals surface area contributed by atoms with Gasteiger partial charge in [-0.3, -0.25) is 4.79 Å². The van der Waals surface area contributed by atoms with E-state index in [1.807, 2.05) is 11.0 Å². The Balaban J connectivity index is 2.17. The summed E-state index contributed by atoms with van der Waals surface area (Å²) in [4.78, 5) is 24.5. The van der Waals surface area contributed by atoms with Crippen molar-refractivity contribution in [3.05, 3.63) is 29.8 Å². The van der Waals surface area contributed by atoms with Gasteiger partial charge in [-0.2, -0.15) is 0 Å². The molecule has 0 saturated carbocycles. The van der Waals surface area contributed by atoms with Crippen LogP contribution in [-0.2, 0) is 9.53 Å². The van der Waals surface area contributed by atoms with Gasteiger partial charge in [0.1, 0.15) is 0 Å². The third kappa shape index (κ3) is 3.05. The summed E-state index contributed by atoms with van der Waals surface area (Å²) in [6.45, 7) is 1.30. The number of hydrogen-bond acceptors (Lipinski definition) is 4. The molecule has 1 heterocycles. The summed E-state index contributed by atoms with van der Waals surface area (Å²) < 4.78 is 4.69. The number of carbonyl (C=O) groups excluding carboxylic acids is 1. The summed E-state index contributed by atoms with van der Waals surface area (Å²) in [7, 11) is 1.34. The van der Waals surface area contributed by atoms with Gasteiger partial charge in [-0.05, 0) is 31.0 Å². The summed E-state index contributed by atoms with van der Waals surface area (Å²) in [6.07, 6.45) is 1.56. The molecule has 1 aliphatic heterocycles. The number of nitrogens with zero attached hydrogens (tertiary/aromatic N) is 1. The highest BCUT2D eigenvalue weighted by Gasteiger charge is 2.25. The van der Waals surface area contributed by atoms with Gasteiger partial charge in [0.2, 0.25) is 0 Å². The number of ether oxygens (including phenoxy) is 1. The number of piperidine rings is 1. The van der Waals surface area contributed by atoms with Crippen LogP contribution in [0, 0.1) is 5.92 Å². The van der Waals surface area contributed by atoms with E-state index in [-0.39, 0.29) is 11.9 Å². The van der Waals surface area contributed by atoms with Crippen molar-refractivity contribution in [2.24, 2.45) is 5.92 Å². The van der Waals surface area contributed by atoms with Gasteiger partial charge >= 0.3 is 11.9 Å². The minimum absolute atomic E-state index is 0.337. The number of hydrogen-bond donors (Lipinski definition) is 1. The number of rotatable bonds is 3. The maximum absolute atomic E-state index is 11.5. The van der Waals surface area contributed by atoms with Crippen LogP contribution in [-0.4, -0.2) is 37.2 Å². The Morgan fingerprint density at radius 1 is 1.42 bits per heavy atom. The van der Waals surface area contributed by atoms with E-state index in [0.29, 0.717) is 18.5 Å². The van der Waals surface area contributed by atoms with Gasteiger partial charge in [0, 0.05) is 18.8 Å². The Kier molecular flexibility index (Phi) is 4.04. The minimum atomic E-state index is -0.756. The lowest BCUT2D eigenvalue weighted by Crippen LogP contribution is -2.38. The highest BCUT2D eigenvalue weighted by atomic mass is 16.5. The normalized spacial score (nSPS) is 19.0. The second-order valence-corrected chi connectivity index (χ2v) is 4.67. The summed E-state index contributed by atoms with van der Waals surface area (Å²) in [5.74, 6) is -1.47. The molecule has 0 aliphatic carbocycles. The molecule has 1 atom stereocenters. The molecule has 2 rings (SSSR count). The SMILES string of the molecule is COC(=O)c1cccc(N2CCCC(C(=O)O)C2)c1. The van der Waals surface area contributed by atoms with Crippen molar-refractivity contribution in [2.45, 2.75) is 12.8 Å². The summed E-state index contributed by atoms with van der Waals surface area (Å²) in [6, 6.07) is 7.10. The molecule has 0 aromatic heterocycles. The Morgan fingerprint density at radius 2 is 2.21 bits per heavy atom. The van der Waals surface area contributed by atoms with Crippen molar-refractivity contribution in [3.63, 3.8) is 0 Å². The molecule has 1 saturated heterocycles. The topological polar surface area (TPSA) is 66.8 Å². The molecule has 0 amide bonds. The van der Waals surface area contributed by atoms with E-state index < -0.39 is 5.97 Å². The lowest BCUT2D eigenvalue weighted by Gasteiger charge is -2.32. The predicted molar refractivity (Wildman–Crippen MR) is 70.4 cm³/mol. The third-order valence-electron chi connectivity index (χ3n) is 3.40. The van der Waals surface area contributed by atoms with Gasteiger partial charge in [0.15, 0.2) is 0 Å². The fourth-order valence-corrected chi connectivity index (χ4v) is 2.36. The summed E-state index contributed by atoms with van der Waals surface area (Å²) >= 11 is 0. The quantitative estimate of drug-likeness (QED) is 0.842. The van der Waals surface area contributed by atoms with Crippen molar-refractivity contribution in [1.29, 1.82) is 0 Å². The lowest BCUT2D eigenvalue weighted by atomic mass is 9.97. The molecule has 102 valence electrons. The van der Waals surface area contributed by atoms with Crippen molar-refractivity contribution in [3.8, 4) is 0 Å². The first-order valence-corrected chi connectivity index (χ1v) is 6.28. The number of benzene rings is 1. The number of anilines is 1. The van der Waals surface area contributed by atoms with E-state index in [9.17, 15) is 9.59 Å². The van der Waals surface area contributed by atoms with Gasteiger partial charge in [-0.15, -0.1) is 0 Å². The zero-order chi connectivity index (χ0) is 13.8. The maximum Gasteiger partial charge on any atom is 0.337 e. The van der Waals surface area contributed by atoms with Crippen LogP contribution in [0.2, 0.25) is 0 Å². The molecule has 1 aliphatic rings. The number of methoxy groups -OCH3 is 1. The second-order valence-electron chi connectivity index (χ2n) is 4.67. The summed E-state index contributed by atoms with van der Waals surface area (Å²) in [5, 5.41) is 9.08. The first-order valence-electron chi connectivity index (χ1n) is 6.28. The van der Waals surface area contributed by atoms with Crippen molar-refractivity contribution in [2.75, 3.05) is 25.1 Å². The molecule has 0 radical (unpaired) electrons. The van der Waals surface area contributed by atoms with Crippen LogP contribution in [0.15, 0.2) is 24.3 Å². The Bertz CT molecular complexity index is 486. The van der Waals surface area contributed by atoms with Crippen molar-refractivity contribution < 1.29 is 19.4 Å². The monoisotopic (exact) mass is 263 g/mol. The molecule has 1 aromatic carbocycles. The molecule has 0 bridgehead atoms. The number of carbonyl (C=O) groups is 2. The smallest absolute Gasteiger partial charge is 0.337 e. The van der Waals surface area contributed by atoms with E-state index >= 15 is 0 Å². The molecule has 1 N–H and O–H groups in total. The fraction of sp³-hybridized carbons (Fsp3) is 0.429. The number of carboxylic acid groups (broad SMARTS) is 1. The first-order chi connectivity index (χ1) is 9.11. The standard InChI is InChI=1S/C14H17NO4/c1-19-14(18)10-4-2-6-12(8-10)15-7-3-5-11(9-15)13(16)17/h2,4,6,8,11H,3,5,7,9H2,1H3,(H,16,17). The molecular formula is C14H17NO4. The summed E-state index contributed by atoms with van der Waals surface area (Å²) in [5.41, 5.74) is 1.35. The van der Waals surface area contributed by atoms with E-state index in [0.717, 1.165) is 18.7 Å². The predicted octanol–water partition coefficient (Wildman–Crippen LogP) is 1.77. The van der Waals surface area contributed by atoms with Gasteiger partial charge in [-0.25, -0.2) is 4.79 Å². The van der Waals surface area contributed by atoms with Crippen LogP contribution < -0.4 is 4.90 Å².